The van der Waals surface area contributed by atoms with Crippen LogP contribution in [0, 0.1) is 0 Å². The zero-order chi connectivity index (χ0) is 8.20. The number of carboxylic acids is 1. The molecule has 0 bridgehead atoms. The maximum atomic E-state index is 12.0. The van der Waals surface area contributed by atoms with Crippen LogP contribution in [0.2, 0.25) is 0 Å². The number of carboxylic acid groups (broad SMARTS) is 1. The molecule has 0 rings (SSSR count). The third-order valence-electron chi connectivity index (χ3n) is 0.936. The van der Waals surface area contributed by atoms with E-state index >= 15 is 0 Å². The van der Waals surface area contributed by atoms with E-state index in [-0.39, 0.29) is 0 Å². The standard InChI is InChI=1S/C5H8F2O3/c6-5(7,3-8)2-1-4(9)10/h8H,1-3H2,(H,9,10). The maximum Gasteiger partial charge on any atom is 0.303 e. The van der Waals surface area contributed by atoms with Gasteiger partial charge in [-0.1, -0.05) is 0 Å². The third-order valence-corrected chi connectivity index (χ3v) is 0.936. The largest absolute Gasteiger partial charge is 0.481 e. The molecule has 2 N–H and O–H groups in total. The summed E-state index contributed by atoms with van der Waals surface area (Å²) in [5.41, 5.74) is 0. The molecule has 0 heterocycles. The molecule has 0 fully saturated rings. The molecule has 0 amide bonds. The summed E-state index contributed by atoms with van der Waals surface area (Å²) in [6.07, 6.45) is -1.42. The summed E-state index contributed by atoms with van der Waals surface area (Å²) < 4.78 is 24.0. The van der Waals surface area contributed by atoms with Crippen LogP contribution in [0.4, 0.5) is 8.78 Å². The molecule has 0 aromatic rings. The second kappa shape index (κ2) is 3.46. The fourth-order valence-corrected chi connectivity index (χ4v) is 0.369. The average molecular weight is 154 g/mol. The average Bonchev–Trinajstić information content (AvgIpc) is 1.85. The fourth-order valence-electron chi connectivity index (χ4n) is 0.369. The van der Waals surface area contributed by atoms with Gasteiger partial charge < -0.3 is 10.2 Å². The first-order chi connectivity index (χ1) is 4.48. The minimum atomic E-state index is -3.25. The molecule has 0 saturated carbocycles. The Morgan fingerprint density at radius 3 is 2.30 bits per heavy atom. The van der Waals surface area contributed by atoms with E-state index in [1.165, 1.54) is 0 Å². The Balaban J connectivity index is 3.56. The lowest BCUT2D eigenvalue weighted by Crippen LogP contribution is -2.22. The highest BCUT2D eigenvalue weighted by Crippen LogP contribution is 2.18. The lowest BCUT2D eigenvalue weighted by Gasteiger charge is -2.09. The van der Waals surface area contributed by atoms with Crippen molar-refractivity contribution < 1.29 is 23.8 Å². The van der Waals surface area contributed by atoms with E-state index < -0.39 is 31.3 Å². The van der Waals surface area contributed by atoms with Gasteiger partial charge in [0.1, 0.15) is 6.61 Å². The van der Waals surface area contributed by atoms with Gasteiger partial charge in [-0.15, -0.1) is 0 Å². The minimum absolute atomic E-state index is 0.618. The number of aliphatic hydroxyl groups is 1. The fraction of sp³-hybridized carbons (Fsp3) is 0.800. The van der Waals surface area contributed by atoms with Gasteiger partial charge in [0, 0.05) is 6.42 Å². The summed E-state index contributed by atoms with van der Waals surface area (Å²) in [4.78, 5) is 9.75. The highest BCUT2D eigenvalue weighted by atomic mass is 19.3. The summed E-state index contributed by atoms with van der Waals surface area (Å²) in [7, 11) is 0. The highest BCUT2D eigenvalue weighted by Gasteiger charge is 2.27. The molecule has 0 aromatic carbocycles. The Morgan fingerprint density at radius 1 is 1.50 bits per heavy atom. The van der Waals surface area contributed by atoms with Gasteiger partial charge in [-0.25, -0.2) is 8.78 Å². The van der Waals surface area contributed by atoms with Crippen molar-refractivity contribution in [2.45, 2.75) is 18.8 Å². The second-order valence-electron chi connectivity index (χ2n) is 1.91. The van der Waals surface area contributed by atoms with E-state index in [2.05, 4.69) is 0 Å². The molecule has 0 saturated heterocycles. The van der Waals surface area contributed by atoms with Crippen LogP contribution in [0.3, 0.4) is 0 Å². The van der Waals surface area contributed by atoms with Crippen molar-refractivity contribution in [3.63, 3.8) is 0 Å². The lowest BCUT2D eigenvalue weighted by molar-refractivity contribution is -0.140. The quantitative estimate of drug-likeness (QED) is 0.619. The van der Waals surface area contributed by atoms with Crippen molar-refractivity contribution in [1.29, 1.82) is 0 Å². The molecular weight excluding hydrogens is 146 g/mol. The first-order valence-electron chi connectivity index (χ1n) is 2.68. The topological polar surface area (TPSA) is 57.5 Å². The Labute approximate surface area is 56.3 Å². The van der Waals surface area contributed by atoms with Crippen molar-refractivity contribution in [2.75, 3.05) is 6.61 Å². The normalized spacial score (nSPS) is 11.5. The van der Waals surface area contributed by atoms with Crippen LogP contribution in [0.15, 0.2) is 0 Å². The summed E-state index contributed by atoms with van der Waals surface area (Å²) in [6, 6.07) is 0. The van der Waals surface area contributed by atoms with Gasteiger partial charge >= 0.3 is 5.97 Å². The Bertz CT molecular complexity index is 124. The van der Waals surface area contributed by atoms with E-state index in [1.807, 2.05) is 0 Å². The number of carbonyl (C=O) groups is 1. The predicted molar refractivity (Wildman–Crippen MR) is 28.9 cm³/mol. The van der Waals surface area contributed by atoms with Gasteiger partial charge in [0.05, 0.1) is 6.42 Å². The summed E-state index contributed by atoms with van der Waals surface area (Å²) in [5, 5.41) is 15.9. The number of halogens is 2. The van der Waals surface area contributed by atoms with Crippen molar-refractivity contribution in [3.8, 4) is 0 Å². The van der Waals surface area contributed by atoms with Crippen LogP contribution in [-0.2, 0) is 4.79 Å². The first-order valence-corrected chi connectivity index (χ1v) is 2.68. The monoisotopic (exact) mass is 154 g/mol. The van der Waals surface area contributed by atoms with Crippen LogP contribution in [0.1, 0.15) is 12.8 Å². The zero-order valence-corrected chi connectivity index (χ0v) is 5.18. The smallest absolute Gasteiger partial charge is 0.303 e. The highest BCUT2D eigenvalue weighted by molar-refractivity contribution is 5.66. The molecule has 5 heteroatoms. The summed E-state index contributed by atoms with van der Waals surface area (Å²) in [6.45, 7) is -1.29. The van der Waals surface area contributed by atoms with E-state index in [1.54, 1.807) is 0 Å². The third kappa shape index (κ3) is 4.20. The molecule has 0 aromatic heterocycles. The Hall–Kier alpha value is -0.710. The van der Waals surface area contributed by atoms with Crippen molar-refractivity contribution in [2.24, 2.45) is 0 Å². The van der Waals surface area contributed by atoms with Crippen LogP contribution in [-0.4, -0.2) is 28.7 Å². The molecule has 0 atom stereocenters. The van der Waals surface area contributed by atoms with Crippen LogP contribution in [0.25, 0.3) is 0 Å². The first kappa shape index (κ1) is 9.29. The Morgan fingerprint density at radius 2 is 2.00 bits per heavy atom. The van der Waals surface area contributed by atoms with E-state index in [9.17, 15) is 13.6 Å². The van der Waals surface area contributed by atoms with E-state index in [4.69, 9.17) is 10.2 Å². The van der Waals surface area contributed by atoms with Gasteiger partial charge in [-0.2, -0.15) is 0 Å². The molecule has 0 aliphatic rings. The van der Waals surface area contributed by atoms with Gasteiger partial charge in [0.25, 0.3) is 5.92 Å². The van der Waals surface area contributed by atoms with E-state index in [0.29, 0.717) is 0 Å². The molecule has 0 unspecified atom stereocenters. The second-order valence-corrected chi connectivity index (χ2v) is 1.91. The lowest BCUT2D eigenvalue weighted by atomic mass is 10.2. The molecule has 60 valence electrons. The van der Waals surface area contributed by atoms with Crippen LogP contribution < -0.4 is 0 Å². The number of hydrogen-bond acceptors (Lipinski definition) is 2. The molecule has 0 radical (unpaired) electrons. The molecular formula is C5H8F2O3. The number of hydrogen-bond donors (Lipinski definition) is 2. The maximum absolute atomic E-state index is 12.0. The van der Waals surface area contributed by atoms with Gasteiger partial charge in [-0.3, -0.25) is 4.79 Å². The molecule has 3 nitrogen and oxygen atoms in total. The summed E-state index contributed by atoms with van der Waals surface area (Å²) >= 11 is 0. The van der Waals surface area contributed by atoms with Crippen LogP contribution in [0.5, 0.6) is 0 Å². The van der Waals surface area contributed by atoms with Gasteiger partial charge in [0.15, 0.2) is 0 Å². The number of aliphatic carboxylic acids is 1. The van der Waals surface area contributed by atoms with E-state index in [0.717, 1.165) is 0 Å². The SMILES string of the molecule is O=C(O)CCC(F)(F)CO. The zero-order valence-electron chi connectivity index (χ0n) is 5.18. The van der Waals surface area contributed by atoms with Crippen molar-refractivity contribution >= 4 is 5.97 Å². The van der Waals surface area contributed by atoms with Crippen molar-refractivity contribution in [1.82, 2.24) is 0 Å². The number of aliphatic hydroxyl groups excluding tert-OH is 1. The molecule has 0 aliphatic heterocycles. The van der Waals surface area contributed by atoms with Gasteiger partial charge in [0.2, 0.25) is 0 Å². The van der Waals surface area contributed by atoms with Gasteiger partial charge in [-0.05, 0) is 0 Å². The molecule has 10 heavy (non-hydrogen) atoms. The number of alkyl halides is 2. The van der Waals surface area contributed by atoms with Crippen molar-refractivity contribution in [3.05, 3.63) is 0 Å². The van der Waals surface area contributed by atoms with Crippen LogP contribution >= 0.6 is 0 Å². The Kier molecular flexibility index (Phi) is 3.21. The molecule has 0 aliphatic carbocycles. The molecule has 0 spiro atoms. The summed E-state index contributed by atoms with van der Waals surface area (Å²) in [5.74, 6) is -4.54. The number of rotatable bonds is 4. The minimum Gasteiger partial charge on any atom is -0.481 e. The predicted octanol–water partition coefficient (Wildman–Crippen LogP) is 0.479.